The smallest absolute Gasteiger partial charge is 0.298 e. The van der Waals surface area contributed by atoms with Crippen molar-refractivity contribution < 1.29 is 14.4 Å². The largest absolute Gasteiger partial charge is 0.445 e. The van der Waals surface area contributed by atoms with Crippen LogP contribution in [0.1, 0.15) is 48.5 Å². The highest BCUT2D eigenvalue weighted by Crippen LogP contribution is 2.31. The summed E-state index contributed by atoms with van der Waals surface area (Å²) in [4.78, 5) is 29.3. The van der Waals surface area contributed by atoms with Crippen LogP contribution in [0, 0.1) is 11.3 Å². The lowest BCUT2D eigenvalue weighted by Crippen LogP contribution is -2.37. The van der Waals surface area contributed by atoms with Gasteiger partial charge in [-0.05, 0) is 32.1 Å². The molecule has 0 fully saturated rings. The lowest BCUT2D eigenvalue weighted by Gasteiger charge is -2.28. The van der Waals surface area contributed by atoms with E-state index in [-0.39, 0.29) is 17.1 Å². The molecule has 23 heavy (non-hydrogen) atoms. The summed E-state index contributed by atoms with van der Waals surface area (Å²) in [5, 5.41) is 4.02. The van der Waals surface area contributed by atoms with Crippen molar-refractivity contribution in [2.24, 2.45) is 16.5 Å². The summed E-state index contributed by atoms with van der Waals surface area (Å²) < 4.78 is 0.626. The summed E-state index contributed by atoms with van der Waals surface area (Å²) in [7, 11) is 1.59. The number of hydrogen-bond acceptors (Lipinski definition) is 6. The number of oxime groups is 1. The van der Waals surface area contributed by atoms with Crippen molar-refractivity contribution in [1.82, 2.24) is 4.31 Å². The van der Waals surface area contributed by atoms with Gasteiger partial charge in [-0.3, -0.25) is 13.9 Å². The van der Waals surface area contributed by atoms with Gasteiger partial charge in [-0.15, -0.1) is 0 Å². The molecule has 0 rings (SSSR count). The molecule has 0 N–H and O–H groups in total. The molecule has 0 radical (unpaired) electrons. The van der Waals surface area contributed by atoms with Gasteiger partial charge in [-0.25, -0.2) is 4.79 Å². The highest BCUT2D eigenvalue weighted by atomic mass is 32.2. The van der Waals surface area contributed by atoms with Crippen molar-refractivity contribution in [1.29, 1.82) is 0 Å². The molecule has 1 amide bonds. The maximum atomic E-state index is 12.2. The lowest BCUT2D eigenvalue weighted by molar-refractivity contribution is -0.123. The van der Waals surface area contributed by atoms with Crippen LogP contribution in [0.4, 0.5) is 4.79 Å². The first-order chi connectivity index (χ1) is 10.3. The number of hydrogen-bond donors (Lipinski definition) is 0. The third-order valence-electron chi connectivity index (χ3n) is 3.12. The Hall–Kier alpha value is -0.690. The van der Waals surface area contributed by atoms with Crippen LogP contribution in [-0.2, 0) is 9.63 Å². The van der Waals surface area contributed by atoms with Gasteiger partial charge in [0.2, 0.25) is 0 Å². The number of carbonyl (C=O) groups excluding carboxylic acids is 2. The van der Waals surface area contributed by atoms with Gasteiger partial charge in [-0.2, -0.15) is 11.8 Å². The summed E-state index contributed by atoms with van der Waals surface area (Å²) >= 11 is 2.78. The molecule has 0 aromatic heterocycles. The van der Waals surface area contributed by atoms with E-state index < -0.39 is 10.8 Å². The van der Waals surface area contributed by atoms with E-state index in [4.69, 9.17) is 4.84 Å². The van der Waals surface area contributed by atoms with Gasteiger partial charge < -0.3 is 0 Å². The molecule has 7 heteroatoms. The standard InChI is InChI=1S/C16H30N2O3S2/c1-11(2)13(19)16(6,7)23-18(8)14(20)21-17-12(10-22-9)15(3,4)5/h11H,10H2,1-9H3. The Morgan fingerprint density at radius 3 is 2.09 bits per heavy atom. The normalized spacial score (nSPS) is 13.2. The van der Waals surface area contributed by atoms with Gasteiger partial charge in [0.1, 0.15) is 0 Å². The number of Topliss-reactive ketones (excluding diaryl/α,β-unsaturated/α-hetero) is 1. The summed E-state index contributed by atoms with van der Waals surface area (Å²) in [6.45, 7) is 13.4. The predicted molar refractivity (Wildman–Crippen MR) is 101 cm³/mol. The van der Waals surface area contributed by atoms with Crippen LogP contribution in [-0.4, -0.2) is 45.7 Å². The summed E-state index contributed by atoms with van der Waals surface area (Å²) in [5.74, 6) is 0.697. The first-order valence-electron chi connectivity index (χ1n) is 7.57. The van der Waals surface area contributed by atoms with Gasteiger partial charge >= 0.3 is 6.09 Å². The van der Waals surface area contributed by atoms with Crippen LogP contribution < -0.4 is 0 Å². The Kier molecular flexibility index (Phi) is 8.70. The first-order valence-corrected chi connectivity index (χ1v) is 9.74. The van der Waals surface area contributed by atoms with E-state index in [1.54, 1.807) is 32.7 Å². The molecule has 0 aromatic rings. The van der Waals surface area contributed by atoms with Gasteiger partial charge in [0, 0.05) is 24.1 Å². The Bertz CT molecular complexity index is 455. The monoisotopic (exact) mass is 362 g/mol. The summed E-state index contributed by atoms with van der Waals surface area (Å²) in [5.41, 5.74) is 0.649. The van der Waals surface area contributed by atoms with Crippen molar-refractivity contribution in [2.75, 3.05) is 19.1 Å². The van der Waals surface area contributed by atoms with Crippen LogP contribution in [0.2, 0.25) is 0 Å². The molecular formula is C16H30N2O3S2. The number of carbonyl (C=O) groups is 2. The fraction of sp³-hybridized carbons (Fsp3) is 0.812. The van der Waals surface area contributed by atoms with Crippen molar-refractivity contribution in [3.05, 3.63) is 0 Å². The zero-order valence-electron chi connectivity index (χ0n) is 15.7. The minimum atomic E-state index is -0.697. The third kappa shape index (κ3) is 7.61. The van der Waals surface area contributed by atoms with Gasteiger partial charge in [0.15, 0.2) is 5.78 Å². The number of nitrogens with zero attached hydrogens (tertiary/aromatic N) is 2. The average molecular weight is 363 g/mol. The van der Waals surface area contributed by atoms with Crippen molar-refractivity contribution in [2.45, 2.75) is 53.2 Å². The third-order valence-corrected chi connectivity index (χ3v) is 4.76. The Morgan fingerprint density at radius 2 is 1.70 bits per heavy atom. The molecule has 5 nitrogen and oxygen atoms in total. The van der Waals surface area contributed by atoms with Crippen molar-refractivity contribution >= 4 is 41.3 Å². The first kappa shape index (κ1) is 22.3. The minimum Gasteiger partial charge on any atom is -0.298 e. The summed E-state index contributed by atoms with van der Waals surface area (Å²) in [6.07, 6.45) is 1.40. The van der Waals surface area contributed by atoms with Crippen molar-refractivity contribution in [3.8, 4) is 0 Å². The molecule has 134 valence electrons. The second-order valence-electron chi connectivity index (χ2n) is 7.20. The van der Waals surface area contributed by atoms with E-state index in [0.717, 1.165) is 17.7 Å². The maximum absolute atomic E-state index is 12.2. The molecule has 0 aliphatic rings. The maximum Gasteiger partial charge on any atom is 0.445 e. The lowest BCUT2D eigenvalue weighted by atomic mass is 9.91. The van der Waals surface area contributed by atoms with Gasteiger partial charge in [-0.1, -0.05) is 39.8 Å². The molecule has 0 aliphatic carbocycles. The Labute approximate surface area is 149 Å². The molecule has 0 saturated carbocycles. The quantitative estimate of drug-likeness (QED) is 0.289. The number of ketones is 1. The molecule has 0 spiro atoms. The van der Waals surface area contributed by atoms with Crippen LogP contribution in [0.5, 0.6) is 0 Å². The van der Waals surface area contributed by atoms with E-state index in [2.05, 4.69) is 5.16 Å². The Morgan fingerprint density at radius 1 is 1.17 bits per heavy atom. The molecule has 0 atom stereocenters. The topological polar surface area (TPSA) is 59.0 Å². The van der Waals surface area contributed by atoms with E-state index in [9.17, 15) is 9.59 Å². The Balaban J connectivity index is 4.88. The molecule has 0 heterocycles. The molecule has 0 bridgehead atoms. The highest BCUT2D eigenvalue weighted by Gasteiger charge is 2.34. The molecule has 0 unspecified atom stereocenters. The summed E-state index contributed by atoms with van der Waals surface area (Å²) in [6, 6.07) is 0. The fourth-order valence-electron chi connectivity index (χ4n) is 1.79. The minimum absolute atomic E-state index is 0.0865. The van der Waals surface area contributed by atoms with Crippen LogP contribution in [0.3, 0.4) is 0 Å². The predicted octanol–water partition coefficient (Wildman–Crippen LogP) is 4.47. The molecule has 0 saturated heterocycles. The van der Waals surface area contributed by atoms with Gasteiger partial charge in [0.25, 0.3) is 0 Å². The van der Waals surface area contributed by atoms with Crippen LogP contribution in [0.15, 0.2) is 5.16 Å². The second kappa shape index (κ2) is 8.97. The van der Waals surface area contributed by atoms with Crippen LogP contribution in [0.25, 0.3) is 0 Å². The molecule has 0 aliphatic heterocycles. The SMILES string of the molecule is CSCC(=NOC(=O)N(C)SC(C)(C)C(=O)C(C)C)C(C)(C)C. The second-order valence-corrected chi connectivity index (χ2v) is 9.81. The molecule has 0 aromatic carbocycles. The number of amides is 1. The van der Waals surface area contributed by atoms with E-state index in [1.807, 2.05) is 40.9 Å². The fourth-order valence-corrected chi connectivity index (χ4v) is 3.67. The zero-order chi connectivity index (χ0) is 18.4. The average Bonchev–Trinajstić information content (AvgIpc) is 2.40. The van der Waals surface area contributed by atoms with E-state index in [0.29, 0.717) is 5.75 Å². The van der Waals surface area contributed by atoms with Crippen molar-refractivity contribution in [3.63, 3.8) is 0 Å². The highest BCUT2D eigenvalue weighted by molar-refractivity contribution is 7.99. The number of rotatable bonds is 7. The zero-order valence-corrected chi connectivity index (χ0v) is 17.4. The van der Waals surface area contributed by atoms with E-state index in [1.165, 1.54) is 4.31 Å². The van der Waals surface area contributed by atoms with Gasteiger partial charge in [0.05, 0.1) is 10.5 Å². The van der Waals surface area contributed by atoms with E-state index >= 15 is 0 Å². The van der Waals surface area contributed by atoms with Crippen LogP contribution >= 0.6 is 23.7 Å². The number of thioether (sulfide) groups is 1. The molecular weight excluding hydrogens is 332 g/mol.